The van der Waals surface area contributed by atoms with Gasteiger partial charge in [0, 0.05) is 12.6 Å². The van der Waals surface area contributed by atoms with Gasteiger partial charge in [0.2, 0.25) is 5.88 Å². The Morgan fingerprint density at radius 3 is 2.86 bits per heavy atom. The van der Waals surface area contributed by atoms with Crippen LogP contribution in [0.25, 0.3) is 0 Å². The number of aromatic nitrogens is 4. The van der Waals surface area contributed by atoms with E-state index in [1.807, 2.05) is 19.0 Å². The van der Waals surface area contributed by atoms with E-state index in [-0.39, 0.29) is 0 Å². The maximum Gasteiger partial charge on any atom is 0.216 e. The van der Waals surface area contributed by atoms with Crippen molar-refractivity contribution in [1.82, 2.24) is 24.6 Å². The Hall–Kier alpha value is -1.70. The lowest BCUT2D eigenvalue weighted by Crippen LogP contribution is -2.21. The number of aliphatic hydroxyl groups excluding tert-OH is 1. The molecule has 114 valence electrons. The van der Waals surface area contributed by atoms with Crippen molar-refractivity contribution in [2.24, 2.45) is 0 Å². The molecule has 0 aromatic carbocycles. The topological polar surface area (TPSA) is 76.3 Å². The molecule has 0 spiro atoms. The summed E-state index contributed by atoms with van der Waals surface area (Å²) in [6.07, 6.45) is 1.87. The summed E-state index contributed by atoms with van der Waals surface area (Å²) in [6, 6.07) is 1.57. The molecular formula is C13H18ClN5O2. The molecule has 0 radical (unpaired) electrons. The Morgan fingerprint density at radius 2 is 2.19 bits per heavy atom. The minimum atomic E-state index is -0.987. The van der Waals surface area contributed by atoms with Gasteiger partial charge in [0.05, 0.1) is 36.3 Å². The highest BCUT2D eigenvalue weighted by atomic mass is 35.5. The zero-order valence-electron chi connectivity index (χ0n) is 12.2. The van der Waals surface area contributed by atoms with Crippen LogP contribution in [0.1, 0.15) is 17.5 Å². The van der Waals surface area contributed by atoms with E-state index < -0.39 is 6.10 Å². The van der Waals surface area contributed by atoms with Gasteiger partial charge in [-0.05, 0) is 14.1 Å². The average Bonchev–Trinajstić information content (AvgIpc) is 2.85. The van der Waals surface area contributed by atoms with E-state index in [0.717, 1.165) is 6.54 Å². The van der Waals surface area contributed by atoms with Crippen LogP contribution in [0.4, 0.5) is 0 Å². The molecule has 2 rings (SSSR count). The van der Waals surface area contributed by atoms with Gasteiger partial charge in [0.1, 0.15) is 12.4 Å². The van der Waals surface area contributed by atoms with Crippen molar-refractivity contribution in [3.05, 3.63) is 35.0 Å². The second-order valence-electron chi connectivity index (χ2n) is 4.79. The molecule has 2 aromatic rings. The van der Waals surface area contributed by atoms with E-state index in [0.29, 0.717) is 28.8 Å². The molecule has 0 aliphatic rings. The fourth-order valence-corrected chi connectivity index (χ4v) is 2.12. The Morgan fingerprint density at radius 1 is 1.43 bits per heavy atom. The lowest BCUT2D eigenvalue weighted by Gasteiger charge is -2.16. The monoisotopic (exact) mass is 311 g/mol. The first-order valence-electron chi connectivity index (χ1n) is 6.43. The van der Waals surface area contributed by atoms with Crippen LogP contribution in [-0.2, 0) is 6.54 Å². The van der Waals surface area contributed by atoms with Crippen molar-refractivity contribution in [2.75, 3.05) is 27.7 Å². The maximum absolute atomic E-state index is 10.5. The minimum absolute atomic E-state index is 0.384. The van der Waals surface area contributed by atoms with E-state index in [1.54, 1.807) is 10.7 Å². The van der Waals surface area contributed by atoms with E-state index in [9.17, 15) is 5.11 Å². The third-order valence-corrected chi connectivity index (χ3v) is 3.29. The highest BCUT2D eigenvalue weighted by molar-refractivity contribution is 6.31. The van der Waals surface area contributed by atoms with Crippen LogP contribution in [0.2, 0.25) is 5.02 Å². The molecule has 1 atom stereocenters. The number of nitrogens with zero attached hydrogens (tertiary/aromatic N) is 5. The SMILES string of the molecule is COc1cc(C(O)c2c(Cl)cnn2CCN(C)C)ncn1. The molecule has 0 aliphatic carbocycles. The third-order valence-electron chi connectivity index (χ3n) is 3.00. The molecule has 0 amide bonds. The molecule has 21 heavy (non-hydrogen) atoms. The molecule has 0 fully saturated rings. The van der Waals surface area contributed by atoms with E-state index in [1.165, 1.54) is 19.6 Å². The van der Waals surface area contributed by atoms with Crippen LogP contribution in [0.15, 0.2) is 18.6 Å². The molecule has 0 aliphatic heterocycles. The van der Waals surface area contributed by atoms with Gasteiger partial charge in [-0.2, -0.15) is 5.10 Å². The van der Waals surface area contributed by atoms with Crippen molar-refractivity contribution in [3.8, 4) is 5.88 Å². The van der Waals surface area contributed by atoms with Gasteiger partial charge in [-0.15, -0.1) is 0 Å². The predicted molar refractivity (Wildman–Crippen MR) is 78.4 cm³/mol. The van der Waals surface area contributed by atoms with Crippen molar-refractivity contribution in [1.29, 1.82) is 0 Å². The summed E-state index contributed by atoms with van der Waals surface area (Å²) < 4.78 is 6.72. The van der Waals surface area contributed by atoms with Crippen LogP contribution in [-0.4, -0.2) is 57.5 Å². The largest absolute Gasteiger partial charge is 0.481 e. The van der Waals surface area contributed by atoms with Gasteiger partial charge in [-0.25, -0.2) is 9.97 Å². The number of hydrogen-bond donors (Lipinski definition) is 1. The molecular weight excluding hydrogens is 294 g/mol. The molecule has 7 nitrogen and oxygen atoms in total. The Labute approximate surface area is 128 Å². The molecule has 1 unspecified atom stereocenters. The van der Waals surface area contributed by atoms with E-state index >= 15 is 0 Å². The van der Waals surface area contributed by atoms with E-state index in [4.69, 9.17) is 16.3 Å². The maximum atomic E-state index is 10.5. The van der Waals surface area contributed by atoms with Crippen LogP contribution in [0.3, 0.4) is 0 Å². The van der Waals surface area contributed by atoms with Gasteiger partial charge >= 0.3 is 0 Å². The summed E-state index contributed by atoms with van der Waals surface area (Å²) in [5, 5.41) is 15.1. The highest BCUT2D eigenvalue weighted by Gasteiger charge is 2.21. The normalized spacial score (nSPS) is 12.7. The molecule has 2 aromatic heterocycles. The Balaban J connectivity index is 2.29. The first kappa shape index (κ1) is 15.7. The smallest absolute Gasteiger partial charge is 0.216 e. The number of aliphatic hydroxyl groups is 1. The fraction of sp³-hybridized carbons (Fsp3) is 0.462. The fourth-order valence-electron chi connectivity index (χ4n) is 1.87. The zero-order chi connectivity index (χ0) is 15.4. The van der Waals surface area contributed by atoms with Crippen LogP contribution >= 0.6 is 11.6 Å². The number of methoxy groups -OCH3 is 1. The lowest BCUT2D eigenvalue weighted by atomic mass is 10.2. The molecule has 1 N–H and O–H groups in total. The number of halogens is 1. The number of ether oxygens (including phenoxy) is 1. The Kier molecular flexibility index (Phi) is 5.11. The first-order chi connectivity index (χ1) is 10.0. The van der Waals surface area contributed by atoms with Gasteiger partial charge < -0.3 is 14.7 Å². The summed E-state index contributed by atoms with van der Waals surface area (Å²) in [6.45, 7) is 1.40. The van der Waals surface area contributed by atoms with E-state index in [2.05, 4.69) is 15.1 Å². The summed E-state index contributed by atoms with van der Waals surface area (Å²) in [5.74, 6) is 0.384. The van der Waals surface area contributed by atoms with Crippen molar-refractivity contribution < 1.29 is 9.84 Å². The molecule has 0 bridgehead atoms. The highest BCUT2D eigenvalue weighted by Crippen LogP contribution is 2.28. The van der Waals surface area contributed by atoms with Gasteiger partial charge in [-0.1, -0.05) is 11.6 Å². The predicted octanol–water partition coefficient (Wildman–Crippen LogP) is 0.978. The quantitative estimate of drug-likeness (QED) is 0.857. The Bertz CT molecular complexity index is 602. The van der Waals surface area contributed by atoms with Crippen LogP contribution in [0.5, 0.6) is 5.88 Å². The minimum Gasteiger partial charge on any atom is -0.481 e. The van der Waals surface area contributed by atoms with Crippen molar-refractivity contribution in [2.45, 2.75) is 12.6 Å². The zero-order valence-corrected chi connectivity index (χ0v) is 12.9. The second-order valence-corrected chi connectivity index (χ2v) is 5.20. The van der Waals surface area contributed by atoms with Gasteiger partial charge in [0.25, 0.3) is 0 Å². The average molecular weight is 312 g/mol. The molecule has 2 heterocycles. The van der Waals surface area contributed by atoms with Crippen LogP contribution in [0, 0.1) is 0 Å². The number of likely N-dealkylation sites (N-methyl/N-ethyl adjacent to an activating group) is 1. The molecule has 0 saturated heterocycles. The van der Waals surface area contributed by atoms with Crippen molar-refractivity contribution >= 4 is 11.6 Å². The second kappa shape index (κ2) is 6.84. The van der Waals surface area contributed by atoms with Crippen LogP contribution < -0.4 is 4.74 Å². The number of hydrogen-bond acceptors (Lipinski definition) is 6. The lowest BCUT2D eigenvalue weighted by molar-refractivity contribution is 0.200. The van der Waals surface area contributed by atoms with Gasteiger partial charge in [-0.3, -0.25) is 4.68 Å². The van der Waals surface area contributed by atoms with Crippen molar-refractivity contribution in [3.63, 3.8) is 0 Å². The summed E-state index contributed by atoms with van der Waals surface area (Å²) in [7, 11) is 5.44. The third kappa shape index (κ3) is 3.69. The summed E-state index contributed by atoms with van der Waals surface area (Å²) in [5.41, 5.74) is 0.926. The molecule has 0 saturated carbocycles. The first-order valence-corrected chi connectivity index (χ1v) is 6.80. The summed E-state index contributed by atoms with van der Waals surface area (Å²) >= 11 is 6.15. The standard InChI is InChI=1S/C13H18ClN5O2/c1-18(2)4-5-19-12(9(14)7-17-19)13(20)10-6-11(21-3)16-8-15-10/h6-8,13,20H,4-5H2,1-3H3. The molecule has 8 heteroatoms. The number of rotatable bonds is 6. The summed E-state index contributed by atoms with van der Waals surface area (Å²) in [4.78, 5) is 10.0. The van der Waals surface area contributed by atoms with Gasteiger partial charge in [0.15, 0.2) is 0 Å².